The van der Waals surface area contributed by atoms with Crippen LogP contribution in [0.5, 0.6) is 0 Å². The van der Waals surface area contributed by atoms with Crippen molar-refractivity contribution in [3.63, 3.8) is 0 Å². The Hall–Kier alpha value is -1.37. The summed E-state index contributed by atoms with van der Waals surface area (Å²) in [5.41, 5.74) is 8.32. The molecular weight excluding hydrogens is 387 g/mol. The molecule has 2 N–H and O–H groups in total. The highest BCUT2D eigenvalue weighted by Gasteiger charge is 2.11. The molecule has 2 aromatic rings. The van der Waals surface area contributed by atoms with Crippen molar-refractivity contribution in [1.82, 2.24) is 9.88 Å². The number of likely N-dealkylation sites (tertiary alicyclic amines) is 1. The lowest BCUT2D eigenvalue weighted by Crippen LogP contribution is -2.38. The molecule has 0 bridgehead atoms. The number of pyridine rings is 1. The monoisotopic (exact) mass is 410 g/mol. The van der Waals surface area contributed by atoms with E-state index >= 15 is 0 Å². The van der Waals surface area contributed by atoms with E-state index in [4.69, 9.17) is 5.73 Å². The molecule has 1 saturated heterocycles. The quantitative estimate of drug-likeness (QED) is 0.468. The van der Waals surface area contributed by atoms with Crippen molar-refractivity contribution in [3.05, 3.63) is 42.1 Å². The molecule has 1 aromatic carbocycles. The van der Waals surface area contributed by atoms with Crippen LogP contribution in [0, 0.1) is 0 Å². The highest BCUT2D eigenvalue weighted by molar-refractivity contribution is 14.0. The van der Waals surface area contributed by atoms with Gasteiger partial charge in [0.05, 0.1) is 12.1 Å². The van der Waals surface area contributed by atoms with Gasteiger partial charge in [-0.2, -0.15) is 0 Å². The number of hydrogen-bond acceptors (Lipinski definition) is 2. The fourth-order valence-electron chi connectivity index (χ4n) is 2.86. The molecule has 4 nitrogen and oxygen atoms in total. The van der Waals surface area contributed by atoms with Crippen LogP contribution in [0.2, 0.25) is 0 Å². The Morgan fingerprint density at radius 2 is 1.82 bits per heavy atom. The number of hydrogen-bond donors (Lipinski definition) is 1. The number of aromatic nitrogens is 1. The molecule has 1 aromatic heterocycles. The third-order valence-electron chi connectivity index (χ3n) is 4.06. The second-order valence-corrected chi connectivity index (χ2v) is 5.57. The number of para-hydroxylation sites is 1. The number of guanidine groups is 1. The van der Waals surface area contributed by atoms with Gasteiger partial charge in [-0.3, -0.25) is 4.98 Å². The summed E-state index contributed by atoms with van der Waals surface area (Å²) in [6.45, 7) is 2.66. The van der Waals surface area contributed by atoms with E-state index in [0.717, 1.165) is 29.6 Å². The van der Waals surface area contributed by atoms with E-state index < -0.39 is 0 Å². The first-order valence-corrected chi connectivity index (χ1v) is 7.72. The molecule has 0 spiro atoms. The van der Waals surface area contributed by atoms with E-state index in [-0.39, 0.29) is 24.0 Å². The van der Waals surface area contributed by atoms with Gasteiger partial charge in [0, 0.05) is 24.7 Å². The van der Waals surface area contributed by atoms with Crippen LogP contribution < -0.4 is 5.73 Å². The number of nitrogens with two attached hydrogens (primary N) is 1. The fourth-order valence-corrected chi connectivity index (χ4v) is 2.86. The average molecular weight is 410 g/mol. The van der Waals surface area contributed by atoms with Gasteiger partial charge >= 0.3 is 0 Å². The van der Waals surface area contributed by atoms with Gasteiger partial charge in [0.25, 0.3) is 0 Å². The van der Waals surface area contributed by atoms with Crippen LogP contribution in [-0.2, 0) is 6.54 Å². The zero-order chi connectivity index (χ0) is 14.5. The van der Waals surface area contributed by atoms with E-state index in [1.165, 1.54) is 25.7 Å². The van der Waals surface area contributed by atoms with Crippen LogP contribution in [-0.4, -0.2) is 28.9 Å². The van der Waals surface area contributed by atoms with Gasteiger partial charge in [-0.05, 0) is 24.5 Å². The summed E-state index contributed by atoms with van der Waals surface area (Å²) in [4.78, 5) is 11.3. The molecule has 2 heterocycles. The molecule has 1 fully saturated rings. The van der Waals surface area contributed by atoms with Crippen molar-refractivity contribution in [3.8, 4) is 0 Å². The maximum Gasteiger partial charge on any atom is 0.191 e. The predicted octanol–water partition coefficient (Wildman–Crippen LogP) is 3.54. The van der Waals surface area contributed by atoms with Gasteiger partial charge in [0.15, 0.2) is 5.96 Å². The molecule has 3 rings (SSSR count). The van der Waals surface area contributed by atoms with Crippen molar-refractivity contribution < 1.29 is 0 Å². The molecule has 0 atom stereocenters. The molecular formula is C17H23IN4. The normalized spacial score (nSPS) is 16.2. The van der Waals surface area contributed by atoms with E-state index in [2.05, 4.69) is 39.1 Å². The Morgan fingerprint density at radius 3 is 2.59 bits per heavy atom. The molecule has 0 saturated carbocycles. The molecule has 0 unspecified atom stereocenters. The number of aliphatic imine (C=N–C) groups is 1. The van der Waals surface area contributed by atoms with Gasteiger partial charge in [-0.25, -0.2) is 4.99 Å². The first kappa shape index (κ1) is 17.0. The summed E-state index contributed by atoms with van der Waals surface area (Å²) in [7, 11) is 0. The number of rotatable bonds is 2. The van der Waals surface area contributed by atoms with Crippen LogP contribution in [0.15, 0.2) is 41.5 Å². The third kappa shape index (κ3) is 4.09. The number of fused-ring (bicyclic) bond motifs is 1. The second kappa shape index (κ2) is 8.31. The maximum absolute atomic E-state index is 6.17. The molecule has 0 aliphatic carbocycles. The molecule has 0 radical (unpaired) electrons. The van der Waals surface area contributed by atoms with Crippen LogP contribution in [0.1, 0.15) is 31.2 Å². The molecule has 22 heavy (non-hydrogen) atoms. The summed E-state index contributed by atoms with van der Waals surface area (Å²) >= 11 is 0. The van der Waals surface area contributed by atoms with Gasteiger partial charge in [-0.15, -0.1) is 24.0 Å². The largest absolute Gasteiger partial charge is 0.370 e. The van der Waals surface area contributed by atoms with E-state index in [1.807, 2.05) is 12.3 Å². The number of benzene rings is 1. The molecule has 5 heteroatoms. The minimum absolute atomic E-state index is 0. The standard InChI is InChI=1S/C17H22N4.HI/c18-17(21-11-3-1-2-4-12-21)20-13-15-8-5-7-14-9-6-10-19-16(14)15;/h5-10H,1-4,11-13H2,(H2,18,20);1H. The van der Waals surface area contributed by atoms with Crippen LogP contribution in [0.25, 0.3) is 10.9 Å². The smallest absolute Gasteiger partial charge is 0.191 e. The third-order valence-corrected chi connectivity index (χ3v) is 4.06. The van der Waals surface area contributed by atoms with Crippen LogP contribution in [0.4, 0.5) is 0 Å². The topological polar surface area (TPSA) is 54.5 Å². The zero-order valence-corrected chi connectivity index (χ0v) is 15.1. The van der Waals surface area contributed by atoms with Crippen molar-refractivity contribution in [2.24, 2.45) is 10.7 Å². The minimum atomic E-state index is 0. The summed E-state index contributed by atoms with van der Waals surface area (Å²) in [5.74, 6) is 0.671. The average Bonchev–Trinajstić information content (AvgIpc) is 2.82. The van der Waals surface area contributed by atoms with Crippen molar-refractivity contribution in [1.29, 1.82) is 0 Å². The maximum atomic E-state index is 6.17. The zero-order valence-electron chi connectivity index (χ0n) is 12.7. The lowest BCUT2D eigenvalue weighted by atomic mass is 10.1. The number of nitrogens with zero attached hydrogens (tertiary/aromatic N) is 3. The minimum Gasteiger partial charge on any atom is -0.370 e. The Balaban J connectivity index is 0.00000176. The molecule has 1 aliphatic rings. The Kier molecular flexibility index (Phi) is 6.42. The number of halogens is 1. The van der Waals surface area contributed by atoms with E-state index in [9.17, 15) is 0 Å². The Labute approximate surface area is 148 Å². The lowest BCUT2D eigenvalue weighted by molar-refractivity contribution is 0.428. The summed E-state index contributed by atoms with van der Waals surface area (Å²) in [6, 6.07) is 10.2. The van der Waals surface area contributed by atoms with Gasteiger partial charge < -0.3 is 10.6 Å². The molecule has 118 valence electrons. The highest BCUT2D eigenvalue weighted by atomic mass is 127. The van der Waals surface area contributed by atoms with Crippen molar-refractivity contribution >= 4 is 40.8 Å². The first-order chi connectivity index (χ1) is 10.3. The van der Waals surface area contributed by atoms with Crippen LogP contribution in [0.3, 0.4) is 0 Å². The first-order valence-electron chi connectivity index (χ1n) is 7.72. The van der Waals surface area contributed by atoms with Gasteiger partial charge in [0.1, 0.15) is 0 Å². The summed E-state index contributed by atoms with van der Waals surface area (Å²) in [6.07, 6.45) is 6.86. The second-order valence-electron chi connectivity index (χ2n) is 5.57. The predicted molar refractivity (Wildman–Crippen MR) is 103 cm³/mol. The lowest BCUT2D eigenvalue weighted by Gasteiger charge is -2.21. The van der Waals surface area contributed by atoms with Crippen LogP contribution >= 0.6 is 24.0 Å². The van der Waals surface area contributed by atoms with Gasteiger partial charge in [-0.1, -0.05) is 37.1 Å². The Morgan fingerprint density at radius 1 is 1.09 bits per heavy atom. The molecule has 1 aliphatic heterocycles. The highest BCUT2D eigenvalue weighted by Crippen LogP contribution is 2.17. The van der Waals surface area contributed by atoms with Crippen molar-refractivity contribution in [2.45, 2.75) is 32.2 Å². The summed E-state index contributed by atoms with van der Waals surface area (Å²) in [5, 5.41) is 1.15. The van der Waals surface area contributed by atoms with Crippen molar-refractivity contribution in [2.75, 3.05) is 13.1 Å². The fraction of sp³-hybridized carbons (Fsp3) is 0.412. The summed E-state index contributed by atoms with van der Waals surface area (Å²) < 4.78 is 0. The van der Waals surface area contributed by atoms with Gasteiger partial charge in [0.2, 0.25) is 0 Å². The van der Waals surface area contributed by atoms with E-state index in [0.29, 0.717) is 12.5 Å². The SMILES string of the molecule is I.NC(=NCc1cccc2cccnc12)N1CCCCCC1. The Bertz CT molecular complexity index is 628. The van der Waals surface area contributed by atoms with E-state index in [1.54, 1.807) is 0 Å². The molecule has 0 amide bonds.